The van der Waals surface area contributed by atoms with Crippen molar-refractivity contribution >= 4 is 0 Å². The molecule has 4 atom stereocenters. The number of nitrogens with one attached hydrogen (secondary N) is 2. The third kappa shape index (κ3) is 1.32. The van der Waals surface area contributed by atoms with Crippen LogP contribution in [0, 0.1) is 11.8 Å². The predicted octanol–water partition coefficient (Wildman–Crippen LogP) is 1.14. The van der Waals surface area contributed by atoms with Crippen LogP contribution in [0.4, 0.5) is 0 Å². The minimum atomic E-state index is 0.603. The Labute approximate surface area is 63.4 Å². The SMILES string of the molecule is CC1NNC(C)C(C)C1C. The van der Waals surface area contributed by atoms with E-state index in [0.29, 0.717) is 12.1 Å². The molecule has 1 fully saturated rings. The first-order valence-electron chi connectivity index (χ1n) is 4.14. The third-order valence-electron chi connectivity index (χ3n) is 2.95. The van der Waals surface area contributed by atoms with Crippen LogP contribution in [0.3, 0.4) is 0 Å². The molecular formula is C8H18N2. The monoisotopic (exact) mass is 142 g/mol. The van der Waals surface area contributed by atoms with Crippen LogP contribution in [-0.4, -0.2) is 12.1 Å². The van der Waals surface area contributed by atoms with Crippen LogP contribution in [0.2, 0.25) is 0 Å². The highest BCUT2D eigenvalue weighted by molar-refractivity contribution is 4.82. The van der Waals surface area contributed by atoms with Crippen molar-refractivity contribution in [3.05, 3.63) is 0 Å². The Balaban J connectivity index is 2.52. The van der Waals surface area contributed by atoms with Crippen molar-refractivity contribution in [2.24, 2.45) is 11.8 Å². The Hall–Kier alpha value is -0.0800. The van der Waals surface area contributed by atoms with Crippen LogP contribution in [0.25, 0.3) is 0 Å². The normalized spacial score (nSPS) is 49.2. The summed E-state index contributed by atoms with van der Waals surface area (Å²) in [5.41, 5.74) is 6.52. The highest BCUT2D eigenvalue weighted by atomic mass is 15.4. The highest BCUT2D eigenvalue weighted by Gasteiger charge is 2.27. The summed E-state index contributed by atoms with van der Waals surface area (Å²) in [7, 11) is 0. The molecule has 1 rings (SSSR count). The topological polar surface area (TPSA) is 24.1 Å². The molecule has 1 aliphatic heterocycles. The molecule has 1 saturated heterocycles. The van der Waals surface area contributed by atoms with Gasteiger partial charge in [-0.05, 0) is 25.7 Å². The van der Waals surface area contributed by atoms with Crippen LogP contribution >= 0.6 is 0 Å². The van der Waals surface area contributed by atoms with Crippen molar-refractivity contribution in [3.63, 3.8) is 0 Å². The number of rotatable bonds is 0. The van der Waals surface area contributed by atoms with Gasteiger partial charge in [0.2, 0.25) is 0 Å². The van der Waals surface area contributed by atoms with E-state index in [1.807, 2.05) is 0 Å². The lowest BCUT2D eigenvalue weighted by atomic mass is 9.84. The van der Waals surface area contributed by atoms with E-state index >= 15 is 0 Å². The summed E-state index contributed by atoms with van der Waals surface area (Å²) in [5.74, 6) is 1.55. The maximum absolute atomic E-state index is 3.26. The maximum Gasteiger partial charge on any atom is 0.0213 e. The highest BCUT2D eigenvalue weighted by Crippen LogP contribution is 2.21. The van der Waals surface area contributed by atoms with Crippen molar-refractivity contribution in [2.75, 3.05) is 0 Å². The molecule has 0 aliphatic carbocycles. The van der Waals surface area contributed by atoms with Crippen molar-refractivity contribution in [1.82, 2.24) is 10.9 Å². The molecule has 0 radical (unpaired) electrons. The lowest BCUT2D eigenvalue weighted by molar-refractivity contribution is 0.155. The number of hydrogen-bond donors (Lipinski definition) is 2. The summed E-state index contributed by atoms with van der Waals surface area (Å²) in [6.07, 6.45) is 0. The average Bonchev–Trinajstić information content (AvgIpc) is 1.93. The van der Waals surface area contributed by atoms with E-state index in [4.69, 9.17) is 0 Å². The molecule has 0 amide bonds. The molecule has 0 spiro atoms. The van der Waals surface area contributed by atoms with Crippen LogP contribution in [0.5, 0.6) is 0 Å². The van der Waals surface area contributed by atoms with Gasteiger partial charge in [0.25, 0.3) is 0 Å². The van der Waals surface area contributed by atoms with E-state index in [0.717, 1.165) is 11.8 Å². The minimum Gasteiger partial charge on any atom is -0.255 e. The summed E-state index contributed by atoms with van der Waals surface area (Å²) in [6.45, 7) is 9.06. The Kier molecular flexibility index (Phi) is 2.32. The zero-order valence-corrected chi connectivity index (χ0v) is 7.31. The second-order valence-corrected chi connectivity index (χ2v) is 3.58. The lowest BCUT2D eigenvalue weighted by Gasteiger charge is -2.38. The van der Waals surface area contributed by atoms with E-state index in [1.54, 1.807) is 0 Å². The third-order valence-corrected chi connectivity index (χ3v) is 2.95. The first-order chi connectivity index (χ1) is 4.63. The Bertz CT molecular complexity index is 99.8. The van der Waals surface area contributed by atoms with Crippen LogP contribution in [-0.2, 0) is 0 Å². The van der Waals surface area contributed by atoms with Gasteiger partial charge in [-0.15, -0.1) is 0 Å². The minimum absolute atomic E-state index is 0.603. The molecule has 1 aliphatic rings. The summed E-state index contributed by atoms with van der Waals surface area (Å²) >= 11 is 0. The molecule has 0 aromatic carbocycles. The summed E-state index contributed by atoms with van der Waals surface area (Å²) in [4.78, 5) is 0. The molecule has 1 heterocycles. The lowest BCUT2D eigenvalue weighted by Crippen LogP contribution is -2.57. The fraction of sp³-hybridized carbons (Fsp3) is 1.00. The van der Waals surface area contributed by atoms with E-state index < -0.39 is 0 Å². The van der Waals surface area contributed by atoms with Gasteiger partial charge in [-0.25, -0.2) is 0 Å². The average molecular weight is 142 g/mol. The van der Waals surface area contributed by atoms with Crippen molar-refractivity contribution in [1.29, 1.82) is 0 Å². The second kappa shape index (κ2) is 2.89. The molecular weight excluding hydrogens is 124 g/mol. The van der Waals surface area contributed by atoms with Crippen molar-refractivity contribution in [3.8, 4) is 0 Å². The Morgan fingerprint density at radius 1 is 0.700 bits per heavy atom. The van der Waals surface area contributed by atoms with Crippen molar-refractivity contribution in [2.45, 2.75) is 39.8 Å². The van der Waals surface area contributed by atoms with Gasteiger partial charge < -0.3 is 0 Å². The van der Waals surface area contributed by atoms with Gasteiger partial charge in [0.15, 0.2) is 0 Å². The largest absolute Gasteiger partial charge is 0.255 e. The quantitative estimate of drug-likeness (QED) is 0.530. The number of hydrazine groups is 1. The smallest absolute Gasteiger partial charge is 0.0213 e. The van der Waals surface area contributed by atoms with Gasteiger partial charge >= 0.3 is 0 Å². The summed E-state index contributed by atoms with van der Waals surface area (Å²) in [6, 6.07) is 1.21. The predicted molar refractivity (Wildman–Crippen MR) is 43.5 cm³/mol. The van der Waals surface area contributed by atoms with Gasteiger partial charge in [0.05, 0.1) is 0 Å². The zero-order chi connectivity index (χ0) is 7.72. The summed E-state index contributed by atoms with van der Waals surface area (Å²) in [5, 5.41) is 0. The first-order valence-corrected chi connectivity index (χ1v) is 4.14. The standard InChI is InChI=1S/C8H18N2/c1-5-6(2)8(4)10-9-7(5)3/h5-10H,1-4H3. The molecule has 0 aromatic rings. The van der Waals surface area contributed by atoms with Crippen LogP contribution in [0.15, 0.2) is 0 Å². The van der Waals surface area contributed by atoms with Gasteiger partial charge in [-0.3, -0.25) is 10.9 Å². The first kappa shape index (κ1) is 8.02. The molecule has 0 aromatic heterocycles. The second-order valence-electron chi connectivity index (χ2n) is 3.58. The Morgan fingerprint density at radius 2 is 1.00 bits per heavy atom. The number of hydrogen-bond acceptors (Lipinski definition) is 2. The van der Waals surface area contributed by atoms with Gasteiger partial charge in [-0.2, -0.15) is 0 Å². The zero-order valence-electron chi connectivity index (χ0n) is 7.31. The fourth-order valence-corrected chi connectivity index (χ4v) is 1.44. The van der Waals surface area contributed by atoms with Gasteiger partial charge in [-0.1, -0.05) is 13.8 Å². The van der Waals surface area contributed by atoms with E-state index in [2.05, 4.69) is 38.5 Å². The molecule has 2 nitrogen and oxygen atoms in total. The molecule has 60 valence electrons. The van der Waals surface area contributed by atoms with E-state index in [9.17, 15) is 0 Å². The molecule has 4 unspecified atom stereocenters. The molecule has 2 N–H and O–H groups in total. The molecule has 2 heteroatoms. The maximum atomic E-state index is 3.26. The van der Waals surface area contributed by atoms with E-state index in [1.165, 1.54) is 0 Å². The van der Waals surface area contributed by atoms with Crippen molar-refractivity contribution < 1.29 is 0 Å². The van der Waals surface area contributed by atoms with Gasteiger partial charge in [0.1, 0.15) is 0 Å². The van der Waals surface area contributed by atoms with Crippen LogP contribution in [0.1, 0.15) is 27.7 Å². The fourth-order valence-electron chi connectivity index (χ4n) is 1.44. The summed E-state index contributed by atoms with van der Waals surface area (Å²) < 4.78 is 0. The van der Waals surface area contributed by atoms with E-state index in [-0.39, 0.29) is 0 Å². The molecule has 0 bridgehead atoms. The van der Waals surface area contributed by atoms with Crippen LogP contribution < -0.4 is 10.9 Å². The molecule has 0 saturated carbocycles. The Morgan fingerprint density at radius 3 is 1.30 bits per heavy atom. The molecule has 10 heavy (non-hydrogen) atoms. The van der Waals surface area contributed by atoms with Gasteiger partial charge in [0, 0.05) is 12.1 Å².